The lowest BCUT2D eigenvalue weighted by Gasteiger charge is -2.19. The van der Waals surface area contributed by atoms with Gasteiger partial charge in [-0.05, 0) is 31.6 Å². The molecule has 0 spiro atoms. The summed E-state index contributed by atoms with van der Waals surface area (Å²) in [5.74, 6) is 0.169. The highest BCUT2D eigenvalue weighted by Gasteiger charge is 2.12. The van der Waals surface area contributed by atoms with Crippen molar-refractivity contribution >= 4 is 18.1 Å². The average Bonchev–Trinajstić information content (AvgIpc) is 2.88. The minimum atomic E-state index is 0.169. The molecule has 0 aliphatic heterocycles. The fourth-order valence-electron chi connectivity index (χ4n) is 2.41. The first-order chi connectivity index (χ1) is 10.2. The number of imidazole rings is 1. The maximum absolute atomic E-state index is 12.1. The second kappa shape index (κ2) is 7.22. The van der Waals surface area contributed by atoms with E-state index in [9.17, 15) is 4.79 Å². The third-order valence-corrected chi connectivity index (χ3v) is 3.94. The molecule has 0 radical (unpaired) electrons. The first-order valence-corrected chi connectivity index (χ1v) is 7.69. The highest BCUT2D eigenvalue weighted by atomic mass is 32.1. The summed E-state index contributed by atoms with van der Waals surface area (Å²) in [5.41, 5.74) is 2.12. The SMILES string of the molecule is CCN(CC)C(=O)CCn1c(-c2ccccc2)c[nH]c1=S. The molecule has 0 saturated carbocycles. The number of nitrogens with zero attached hydrogens (tertiary/aromatic N) is 2. The Bertz CT molecular complexity index is 641. The van der Waals surface area contributed by atoms with Crippen LogP contribution in [0, 0.1) is 4.77 Å². The van der Waals surface area contributed by atoms with E-state index in [1.165, 1.54) is 0 Å². The van der Waals surface area contributed by atoms with Crippen LogP contribution in [0.1, 0.15) is 20.3 Å². The Morgan fingerprint density at radius 3 is 2.52 bits per heavy atom. The predicted octanol–water partition coefficient (Wildman–Crippen LogP) is 3.47. The van der Waals surface area contributed by atoms with Crippen molar-refractivity contribution in [3.63, 3.8) is 0 Å². The summed E-state index contributed by atoms with van der Waals surface area (Å²) in [5, 5.41) is 0. The van der Waals surface area contributed by atoms with E-state index in [4.69, 9.17) is 12.2 Å². The van der Waals surface area contributed by atoms with E-state index in [0.29, 0.717) is 17.7 Å². The van der Waals surface area contributed by atoms with Gasteiger partial charge < -0.3 is 14.5 Å². The molecule has 0 bridgehead atoms. The van der Waals surface area contributed by atoms with Gasteiger partial charge in [0.2, 0.25) is 5.91 Å². The number of carbonyl (C=O) groups excluding carboxylic acids is 1. The van der Waals surface area contributed by atoms with Crippen molar-refractivity contribution in [1.82, 2.24) is 14.5 Å². The Kier molecular flexibility index (Phi) is 5.33. The minimum absolute atomic E-state index is 0.169. The molecule has 2 rings (SSSR count). The zero-order valence-corrected chi connectivity index (χ0v) is 13.3. The third-order valence-electron chi connectivity index (χ3n) is 3.60. The molecule has 0 aliphatic rings. The van der Waals surface area contributed by atoms with Gasteiger partial charge in [0.1, 0.15) is 0 Å². The molecule has 4 nitrogen and oxygen atoms in total. The zero-order chi connectivity index (χ0) is 15.2. The summed E-state index contributed by atoms with van der Waals surface area (Å²) in [6, 6.07) is 10.1. The molecule has 0 atom stereocenters. The van der Waals surface area contributed by atoms with Crippen LogP contribution in [0.15, 0.2) is 36.5 Å². The Labute approximate surface area is 130 Å². The van der Waals surface area contributed by atoms with Crippen LogP contribution in [0.2, 0.25) is 0 Å². The van der Waals surface area contributed by atoms with E-state index in [1.54, 1.807) is 0 Å². The summed E-state index contributed by atoms with van der Waals surface area (Å²) in [4.78, 5) is 17.0. The second-order valence-electron chi connectivity index (χ2n) is 4.81. The summed E-state index contributed by atoms with van der Waals surface area (Å²) >= 11 is 5.33. The van der Waals surface area contributed by atoms with E-state index in [2.05, 4.69) is 4.98 Å². The standard InChI is InChI=1S/C16H21N3OS/c1-3-18(4-2)15(20)10-11-19-14(12-17-16(19)21)13-8-6-5-7-9-13/h5-9,12H,3-4,10-11H2,1-2H3,(H,17,21). The van der Waals surface area contributed by atoms with Gasteiger partial charge in [-0.1, -0.05) is 30.3 Å². The predicted molar refractivity (Wildman–Crippen MR) is 87.6 cm³/mol. The average molecular weight is 303 g/mol. The van der Waals surface area contributed by atoms with Crippen LogP contribution in [0.4, 0.5) is 0 Å². The zero-order valence-electron chi connectivity index (χ0n) is 12.5. The number of rotatable bonds is 6. The number of H-pyrrole nitrogens is 1. The van der Waals surface area contributed by atoms with Crippen molar-refractivity contribution in [2.75, 3.05) is 13.1 Å². The van der Waals surface area contributed by atoms with Crippen LogP contribution in [-0.4, -0.2) is 33.4 Å². The number of hydrogen-bond donors (Lipinski definition) is 1. The lowest BCUT2D eigenvalue weighted by atomic mass is 10.1. The molecule has 1 N–H and O–H groups in total. The van der Waals surface area contributed by atoms with Gasteiger partial charge >= 0.3 is 0 Å². The molecule has 0 fully saturated rings. The third kappa shape index (κ3) is 3.61. The molecular formula is C16H21N3OS. The normalized spacial score (nSPS) is 10.6. The van der Waals surface area contributed by atoms with Crippen LogP contribution in [-0.2, 0) is 11.3 Å². The van der Waals surface area contributed by atoms with Crippen molar-refractivity contribution in [3.8, 4) is 11.3 Å². The fourth-order valence-corrected chi connectivity index (χ4v) is 2.66. The smallest absolute Gasteiger partial charge is 0.224 e. The molecule has 1 aromatic carbocycles. The van der Waals surface area contributed by atoms with E-state index in [-0.39, 0.29) is 5.91 Å². The molecule has 0 aliphatic carbocycles. The maximum Gasteiger partial charge on any atom is 0.224 e. The Balaban J connectivity index is 2.16. The fraction of sp³-hybridized carbons (Fsp3) is 0.375. The minimum Gasteiger partial charge on any atom is -0.343 e. The number of benzene rings is 1. The topological polar surface area (TPSA) is 41.0 Å². The molecule has 1 amide bonds. The van der Waals surface area contributed by atoms with Gasteiger partial charge in [-0.15, -0.1) is 0 Å². The lowest BCUT2D eigenvalue weighted by Crippen LogP contribution is -2.31. The van der Waals surface area contributed by atoms with Crippen LogP contribution in [0.3, 0.4) is 0 Å². The Morgan fingerprint density at radius 1 is 1.24 bits per heavy atom. The summed E-state index contributed by atoms with van der Waals surface area (Å²) < 4.78 is 2.65. The van der Waals surface area contributed by atoms with Crippen LogP contribution < -0.4 is 0 Å². The number of hydrogen-bond acceptors (Lipinski definition) is 2. The van der Waals surface area contributed by atoms with E-state index < -0.39 is 0 Å². The van der Waals surface area contributed by atoms with Gasteiger partial charge in [0.15, 0.2) is 4.77 Å². The first kappa shape index (κ1) is 15.5. The molecule has 112 valence electrons. The summed E-state index contributed by atoms with van der Waals surface area (Å²) in [6.45, 7) is 6.10. The number of amides is 1. The van der Waals surface area contributed by atoms with Gasteiger partial charge in [-0.25, -0.2) is 0 Å². The lowest BCUT2D eigenvalue weighted by molar-refractivity contribution is -0.131. The maximum atomic E-state index is 12.1. The Morgan fingerprint density at radius 2 is 1.90 bits per heavy atom. The second-order valence-corrected chi connectivity index (χ2v) is 5.20. The van der Waals surface area contributed by atoms with E-state index in [1.807, 2.05) is 59.8 Å². The molecule has 0 unspecified atom stereocenters. The molecule has 1 aromatic heterocycles. The molecule has 5 heteroatoms. The van der Waals surface area contributed by atoms with E-state index >= 15 is 0 Å². The largest absolute Gasteiger partial charge is 0.343 e. The van der Waals surface area contributed by atoms with Crippen LogP contribution in [0.25, 0.3) is 11.3 Å². The number of aromatic nitrogens is 2. The molecule has 2 aromatic rings. The van der Waals surface area contributed by atoms with Gasteiger partial charge in [0.05, 0.1) is 5.69 Å². The van der Waals surface area contributed by atoms with Crippen molar-refractivity contribution < 1.29 is 4.79 Å². The number of aromatic amines is 1. The van der Waals surface area contributed by atoms with Crippen LogP contribution >= 0.6 is 12.2 Å². The van der Waals surface area contributed by atoms with Gasteiger partial charge in [-0.3, -0.25) is 4.79 Å². The number of nitrogens with one attached hydrogen (secondary N) is 1. The first-order valence-electron chi connectivity index (χ1n) is 7.28. The highest BCUT2D eigenvalue weighted by molar-refractivity contribution is 7.71. The quantitative estimate of drug-likeness (QED) is 0.830. The van der Waals surface area contributed by atoms with Gasteiger partial charge in [-0.2, -0.15) is 0 Å². The van der Waals surface area contributed by atoms with Crippen molar-refractivity contribution in [3.05, 3.63) is 41.3 Å². The molecule has 21 heavy (non-hydrogen) atoms. The van der Waals surface area contributed by atoms with E-state index in [0.717, 1.165) is 24.3 Å². The van der Waals surface area contributed by atoms with Gasteiger partial charge in [0, 0.05) is 32.3 Å². The molecular weight excluding hydrogens is 282 g/mol. The molecule has 0 saturated heterocycles. The van der Waals surface area contributed by atoms with Crippen LogP contribution in [0.5, 0.6) is 0 Å². The van der Waals surface area contributed by atoms with Crippen molar-refractivity contribution in [2.24, 2.45) is 0 Å². The molecule has 1 heterocycles. The van der Waals surface area contributed by atoms with Gasteiger partial charge in [0.25, 0.3) is 0 Å². The summed E-state index contributed by atoms with van der Waals surface area (Å²) in [6.07, 6.45) is 2.37. The monoisotopic (exact) mass is 303 g/mol. The van der Waals surface area contributed by atoms with Crippen molar-refractivity contribution in [2.45, 2.75) is 26.8 Å². The summed E-state index contributed by atoms with van der Waals surface area (Å²) in [7, 11) is 0. The number of carbonyl (C=O) groups is 1. The highest BCUT2D eigenvalue weighted by Crippen LogP contribution is 2.19. The Hall–Kier alpha value is -1.88. The van der Waals surface area contributed by atoms with Crippen molar-refractivity contribution in [1.29, 1.82) is 0 Å².